The molecule has 1 fully saturated rings. The molecule has 29 heavy (non-hydrogen) atoms. The Morgan fingerprint density at radius 2 is 2.00 bits per heavy atom. The van der Waals surface area contributed by atoms with E-state index >= 15 is 0 Å². The molecule has 1 aliphatic carbocycles. The van der Waals surface area contributed by atoms with Crippen LogP contribution in [0.25, 0.3) is 10.9 Å². The van der Waals surface area contributed by atoms with E-state index in [9.17, 15) is 19.2 Å². The van der Waals surface area contributed by atoms with Gasteiger partial charge in [0.05, 0.1) is 11.1 Å². The molecule has 3 aromatic rings. The largest absolute Gasteiger partial charge is 0.454 e. The van der Waals surface area contributed by atoms with Crippen LogP contribution < -0.4 is 17.0 Å². The van der Waals surface area contributed by atoms with E-state index in [1.54, 1.807) is 18.2 Å². The van der Waals surface area contributed by atoms with Crippen molar-refractivity contribution in [2.75, 3.05) is 12.3 Å². The number of Topliss-reactive ketones (excluding diaryl/α,β-unsaturated/α-hetero) is 1. The summed E-state index contributed by atoms with van der Waals surface area (Å²) in [6, 6.07) is 8.88. The van der Waals surface area contributed by atoms with E-state index in [0.29, 0.717) is 22.4 Å². The van der Waals surface area contributed by atoms with Gasteiger partial charge in [-0.1, -0.05) is 18.2 Å². The number of fused-ring (bicyclic) bond motifs is 1. The van der Waals surface area contributed by atoms with Gasteiger partial charge in [0.15, 0.2) is 6.61 Å². The Bertz CT molecular complexity index is 1270. The standard InChI is InChI=1S/C20H18N4O5/c1-24-17(21)16(18(26)23-20(24)28)15(25)9-29-19(27)12-8-14(10-6-7-10)22-13-5-3-2-4-11(12)13/h2-5,8,10H,6-7,9,21H2,1H3,(H,23,26,28). The number of hydrogen-bond acceptors (Lipinski definition) is 7. The molecule has 3 N–H and O–H groups in total. The van der Waals surface area contributed by atoms with Crippen LogP contribution >= 0.6 is 0 Å². The first-order chi connectivity index (χ1) is 13.9. The monoisotopic (exact) mass is 394 g/mol. The lowest BCUT2D eigenvalue weighted by atomic mass is 10.1. The second-order valence-corrected chi connectivity index (χ2v) is 6.96. The lowest BCUT2D eigenvalue weighted by molar-refractivity contribution is 0.0476. The van der Waals surface area contributed by atoms with Gasteiger partial charge < -0.3 is 10.5 Å². The zero-order valence-corrected chi connectivity index (χ0v) is 15.6. The van der Waals surface area contributed by atoms with Gasteiger partial charge >= 0.3 is 11.7 Å². The molecule has 0 amide bonds. The Morgan fingerprint density at radius 3 is 2.72 bits per heavy atom. The second kappa shape index (κ2) is 7.01. The summed E-state index contributed by atoms with van der Waals surface area (Å²) in [6.07, 6.45) is 2.04. The Labute approximate surface area is 164 Å². The van der Waals surface area contributed by atoms with E-state index in [2.05, 4.69) is 4.98 Å². The summed E-state index contributed by atoms with van der Waals surface area (Å²) in [6.45, 7) is -0.681. The van der Waals surface area contributed by atoms with Gasteiger partial charge in [0, 0.05) is 24.0 Å². The van der Waals surface area contributed by atoms with Crippen LogP contribution in [0.5, 0.6) is 0 Å². The van der Waals surface area contributed by atoms with Crippen molar-refractivity contribution < 1.29 is 14.3 Å². The molecular weight excluding hydrogens is 376 g/mol. The molecule has 0 radical (unpaired) electrons. The maximum atomic E-state index is 12.7. The molecule has 9 heteroatoms. The number of esters is 1. The van der Waals surface area contributed by atoms with Crippen LogP contribution in [0.3, 0.4) is 0 Å². The third-order valence-electron chi connectivity index (χ3n) is 4.93. The second-order valence-electron chi connectivity index (χ2n) is 6.96. The normalized spacial score (nSPS) is 13.4. The van der Waals surface area contributed by atoms with Crippen LogP contribution in [0.4, 0.5) is 5.82 Å². The van der Waals surface area contributed by atoms with E-state index in [0.717, 1.165) is 23.1 Å². The number of nitrogens with zero attached hydrogens (tertiary/aromatic N) is 2. The molecule has 0 unspecified atom stereocenters. The number of benzene rings is 1. The number of carbonyl (C=O) groups is 2. The number of nitrogen functional groups attached to an aromatic ring is 1. The number of rotatable bonds is 5. The number of aromatic nitrogens is 3. The van der Waals surface area contributed by atoms with Gasteiger partial charge in [-0.3, -0.25) is 24.1 Å². The van der Waals surface area contributed by atoms with Gasteiger partial charge in [0.2, 0.25) is 5.78 Å². The summed E-state index contributed by atoms with van der Waals surface area (Å²) in [5.41, 5.74) is 5.44. The van der Waals surface area contributed by atoms with E-state index in [1.165, 1.54) is 7.05 Å². The zero-order chi connectivity index (χ0) is 20.7. The highest BCUT2D eigenvalue weighted by Gasteiger charge is 2.27. The van der Waals surface area contributed by atoms with Crippen molar-refractivity contribution in [2.24, 2.45) is 7.05 Å². The van der Waals surface area contributed by atoms with Gasteiger partial charge in [-0.15, -0.1) is 0 Å². The van der Waals surface area contributed by atoms with Crippen LogP contribution in [-0.2, 0) is 11.8 Å². The molecule has 1 saturated carbocycles. The maximum Gasteiger partial charge on any atom is 0.339 e. The number of nitrogens with one attached hydrogen (secondary N) is 1. The predicted molar refractivity (Wildman–Crippen MR) is 105 cm³/mol. The van der Waals surface area contributed by atoms with Gasteiger partial charge in [0.1, 0.15) is 11.4 Å². The molecule has 0 atom stereocenters. The van der Waals surface area contributed by atoms with Gasteiger partial charge in [-0.05, 0) is 25.0 Å². The molecule has 9 nitrogen and oxygen atoms in total. The highest BCUT2D eigenvalue weighted by atomic mass is 16.5. The number of anilines is 1. The summed E-state index contributed by atoms with van der Waals surface area (Å²) < 4.78 is 6.11. The van der Waals surface area contributed by atoms with Gasteiger partial charge in [-0.25, -0.2) is 9.59 Å². The average molecular weight is 394 g/mol. The Kier molecular flexibility index (Phi) is 4.50. The first-order valence-corrected chi connectivity index (χ1v) is 9.05. The zero-order valence-electron chi connectivity index (χ0n) is 15.6. The Morgan fingerprint density at radius 1 is 1.28 bits per heavy atom. The van der Waals surface area contributed by atoms with E-state index in [4.69, 9.17) is 10.5 Å². The molecule has 0 bridgehead atoms. The minimum Gasteiger partial charge on any atom is -0.454 e. The fraction of sp³-hybridized carbons (Fsp3) is 0.250. The quantitative estimate of drug-likeness (QED) is 0.489. The van der Waals surface area contributed by atoms with Crippen molar-refractivity contribution >= 4 is 28.5 Å². The topological polar surface area (TPSA) is 137 Å². The fourth-order valence-electron chi connectivity index (χ4n) is 3.14. The van der Waals surface area contributed by atoms with Crippen molar-refractivity contribution in [3.8, 4) is 0 Å². The molecule has 2 heterocycles. The number of ketones is 1. The summed E-state index contributed by atoms with van der Waals surface area (Å²) in [4.78, 5) is 55.2. The summed E-state index contributed by atoms with van der Waals surface area (Å²) >= 11 is 0. The van der Waals surface area contributed by atoms with Crippen molar-refractivity contribution in [3.05, 3.63) is 68.0 Å². The molecule has 0 aliphatic heterocycles. The number of pyridine rings is 1. The summed E-state index contributed by atoms with van der Waals surface area (Å²) in [5, 5.41) is 0.619. The van der Waals surface area contributed by atoms with Crippen molar-refractivity contribution in [1.29, 1.82) is 0 Å². The fourth-order valence-corrected chi connectivity index (χ4v) is 3.14. The third-order valence-corrected chi connectivity index (χ3v) is 4.93. The number of nitrogens with two attached hydrogens (primary N) is 1. The van der Waals surface area contributed by atoms with Crippen LogP contribution in [0.1, 0.15) is 45.2 Å². The molecule has 0 saturated heterocycles. The van der Waals surface area contributed by atoms with Gasteiger partial charge in [-0.2, -0.15) is 0 Å². The predicted octanol–water partition coefficient (Wildman–Crippen LogP) is 1.12. The van der Waals surface area contributed by atoms with Crippen molar-refractivity contribution in [2.45, 2.75) is 18.8 Å². The first kappa shape index (κ1) is 18.6. The average Bonchev–Trinajstić information content (AvgIpc) is 3.55. The number of aromatic amines is 1. The minimum absolute atomic E-state index is 0.287. The first-order valence-electron chi connectivity index (χ1n) is 9.05. The summed E-state index contributed by atoms with van der Waals surface area (Å²) in [7, 11) is 1.32. The maximum absolute atomic E-state index is 12.7. The van der Waals surface area contributed by atoms with Crippen molar-refractivity contribution in [3.63, 3.8) is 0 Å². The molecule has 148 valence electrons. The molecular formula is C20H18N4O5. The highest BCUT2D eigenvalue weighted by molar-refractivity contribution is 6.06. The molecule has 1 aromatic carbocycles. The lowest BCUT2D eigenvalue weighted by Crippen LogP contribution is -2.35. The smallest absolute Gasteiger partial charge is 0.339 e. The van der Waals surface area contributed by atoms with Gasteiger partial charge in [0.25, 0.3) is 5.56 Å². The molecule has 2 aromatic heterocycles. The summed E-state index contributed by atoms with van der Waals surface area (Å²) in [5.74, 6) is -1.45. The van der Waals surface area contributed by atoms with Crippen LogP contribution in [-0.4, -0.2) is 32.9 Å². The van der Waals surface area contributed by atoms with E-state index in [-0.39, 0.29) is 5.82 Å². The molecule has 4 rings (SSSR count). The Hall–Kier alpha value is -3.75. The van der Waals surface area contributed by atoms with Crippen LogP contribution in [0.2, 0.25) is 0 Å². The SMILES string of the molecule is Cn1c(N)c(C(=O)COC(=O)c2cc(C3CC3)nc3ccccc23)c(=O)[nH]c1=O. The number of ether oxygens (including phenoxy) is 1. The molecule has 1 aliphatic rings. The number of H-pyrrole nitrogens is 1. The number of hydrogen-bond donors (Lipinski definition) is 2. The highest BCUT2D eigenvalue weighted by Crippen LogP contribution is 2.40. The minimum atomic E-state index is -0.919. The lowest BCUT2D eigenvalue weighted by Gasteiger charge is -2.10. The number of carbonyl (C=O) groups excluding carboxylic acids is 2. The number of para-hydroxylation sites is 1. The van der Waals surface area contributed by atoms with E-state index < -0.39 is 35.2 Å². The van der Waals surface area contributed by atoms with Crippen LogP contribution in [0.15, 0.2) is 39.9 Å². The van der Waals surface area contributed by atoms with Crippen LogP contribution in [0, 0.1) is 0 Å². The van der Waals surface area contributed by atoms with Crippen molar-refractivity contribution in [1.82, 2.24) is 14.5 Å². The third kappa shape index (κ3) is 3.42. The molecule has 0 spiro atoms. The van der Waals surface area contributed by atoms with E-state index in [1.807, 2.05) is 17.1 Å². The Balaban J connectivity index is 1.61.